The van der Waals surface area contributed by atoms with E-state index < -0.39 is 0 Å². The molecule has 0 amide bonds. The molecule has 0 aliphatic carbocycles. The van der Waals surface area contributed by atoms with Gasteiger partial charge in [0.05, 0.1) is 16.7 Å². The predicted octanol–water partition coefficient (Wildman–Crippen LogP) is 2.96. The van der Waals surface area contributed by atoms with Gasteiger partial charge < -0.3 is 4.90 Å². The molecule has 1 saturated heterocycles. The van der Waals surface area contributed by atoms with Gasteiger partial charge in [-0.05, 0) is 25.3 Å². The van der Waals surface area contributed by atoms with Crippen LogP contribution in [0.25, 0.3) is 0 Å². The summed E-state index contributed by atoms with van der Waals surface area (Å²) in [5.74, 6) is 0. The fourth-order valence-corrected chi connectivity index (χ4v) is 2.33. The minimum absolute atomic E-state index is 0.199. The molecule has 1 aromatic rings. The maximum absolute atomic E-state index is 10.6. The second-order valence-corrected chi connectivity index (χ2v) is 4.29. The molecular weight excluding hydrogens is 216 g/mol. The third-order valence-corrected chi connectivity index (χ3v) is 3.20. The van der Waals surface area contributed by atoms with Crippen LogP contribution in [0.4, 0.5) is 0 Å². The maximum atomic E-state index is 10.6. The van der Waals surface area contributed by atoms with Crippen molar-refractivity contribution < 1.29 is 4.92 Å². The van der Waals surface area contributed by atoms with Gasteiger partial charge in [0, 0.05) is 6.54 Å². The second-order valence-electron chi connectivity index (χ2n) is 4.29. The van der Waals surface area contributed by atoms with Gasteiger partial charge >= 0.3 is 0 Å². The minimum atomic E-state index is -0.356. The number of nitro groups is 1. The summed E-state index contributed by atoms with van der Waals surface area (Å²) in [5, 5.41) is 10.6. The van der Waals surface area contributed by atoms with Crippen LogP contribution >= 0.6 is 0 Å². The quantitative estimate of drug-likeness (QED) is 0.594. The van der Waals surface area contributed by atoms with Crippen LogP contribution in [0.5, 0.6) is 0 Å². The van der Waals surface area contributed by atoms with Crippen LogP contribution in [0.15, 0.2) is 42.2 Å². The summed E-state index contributed by atoms with van der Waals surface area (Å²) >= 11 is 0. The maximum Gasteiger partial charge on any atom is 0.253 e. The van der Waals surface area contributed by atoms with Crippen LogP contribution in [0.3, 0.4) is 0 Å². The second kappa shape index (κ2) is 4.99. The topological polar surface area (TPSA) is 46.4 Å². The highest BCUT2D eigenvalue weighted by molar-refractivity contribution is 5.21. The largest absolute Gasteiger partial charge is 0.363 e. The van der Waals surface area contributed by atoms with E-state index in [-0.39, 0.29) is 11.0 Å². The first-order valence-corrected chi connectivity index (χ1v) is 5.84. The van der Waals surface area contributed by atoms with Crippen LogP contribution in [0.1, 0.15) is 31.4 Å². The van der Waals surface area contributed by atoms with E-state index in [1.165, 1.54) is 5.56 Å². The van der Waals surface area contributed by atoms with Crippen molar-refractivity contribution in [3.05, 3.63) is 57.9 Å². The van der Waals surface area contributed by atoms with Crippen molar-refractivity contribution in [2.75, 3.05) is 6.54 Å². The summed E-state index contributed by atoms with van der Waals surface area (Å²) in [6, 6.07) is 10.3. The number of benzene rings is 1. The molecule has 0 spiro atoms. The summed E-state index contributed by atoms with van der Waals surface area (Å²) in [7, 11) is 0. The Balaban J connectivity index is 2.19. The van der Waals surface area contributed by atoms with Gasteiger partial charge in [0.25, 0.3) is 6.20 Å². The summed E-state index contributed by atoms with van der Waals surface area (Å²) in [4.78, 5) is 12.3. The van der Waals surface area contributed by atoms with Crippen molar-refractivity contribution in [1.82, 2.24) is 4.90 Å². The van der Waals surface area contributed by atoms with E-state index in [0.29, 0.717) is 0 Å². The van der Waals surface area contributed by atoms with Crippen molar-refractivity contribution >= 4 is 0 Å². The van der Waals surface area contributed by atoms with Gasteiger partial charge in [0.2, 0.25) is 0 Å². The first kappa shape index (κ1) is 11.6. The molecule has 1 fully saturated rings. The van der Waals surface area contributed by atoms with Gasteiger partial charge in [-0.15, -0.1) is 0 Å². The molecule has 1 atom stereocenters. The normalized spacial score (nSPS) is 19.6. The molecule has 1 heterocycles. The van der Waals surface area contributed by atoms with E-state index in [0.717, 1.165) is 31.3 Å². The van der Waals surface area contributed by atoms with E-state index in [1.54, 1.807) is 0 Å². The van der Waals surface area contributed by atoms with Crippen LogP contribution in [0.2, 0.25) is 0 Å². The molecule has 1 aliphatic rings. The molecule has 90 valence electrons. The van der Waals surface area contributed by atoms with Crippen LogP contribution < -0.4 is 0 Å². The van der Waals surface area contributed by atoms with Crippen LogP contribution in [-0.4, -0.2) is 16.4 Å². The molecule has 0 radical (unpaired) electrons. The number of nitrogens with zero attached hydrogens (tertiary/aromatic N) is 2. The van der Waals surface area contributed by atoms with E-state index in [4.69, 9.17) is 0 Å². The molecule has 0 aromatic heterocycles. The predicted molar refractivity (Wildman–Crippen MR) is 65.9 cm³/mol. The molecule has 4 heteroatoms. The summed E-state index contributed by atoms with van der Waals surface area (Å²) < 4.78 is 0. The molecule has 0 N–H and O–H groups in total. The third kappa shape index (κ3) is 2.64. The van der Waals surface area contributed by atoms with Crippen molar-refractivity contribution in [3.63, 3.8) is 0 Å². The van der Waals surface area contributed by atoms with Gasteiger partial charge in [-0.1, -0.05) is 30.3 Å². The number of rotatable bonds is 3. The lowest BCUT2D eigenvalue weighted by Crippen LogP contribution is -2.22. The van der Waals surface area contributed by atoms with Crippen LogP contribution in [-0.2, 0) is 0 Å². The Hall–Kier alpha value is -1.84. The molecule has 0 bridgehead atoms. The standard InChI is InChI=1S/C13H16N2O2/c1-11(12-6-3-2-4-7-12)14-9-5-8-13(14)10-15(16)17/h2-4,6-7,10-11H,5,8-9H2,1H3/t11-/m1/s1. The van der Waals surface area contributed by atoms with Gasteiger partial charge in [-0.2, -0.15) is 0 Å². The van der Waals surface area contributed by atoms with E-state index in [2.05, 4.69) is 24.0 Å². The van der Waals surface area contributed by atoms with E-state index in [9.17, 15) is 10.1 Å². The average molecular weight is 232 g/mol. The lowest BCUT2D eigenvalue weighted by atomic mass is 10.1. The number of likely N-dealkylation sites (tertiary alicyclic amines) is 1. The summed E-state index contributed by atoms with van der Waals surface area (Å²) in [6.45, 7) is 2.99. The summed E-state index contributed by atoms with van der Waals surface area (Å²) in [5.41, 5.74) is 2.04. The van der Waals surface area contributed by atoms with Crippen molar-refractivity contribution in [2.45, 2.75) is 25.8 Å². The van der Waals surface area contributed by atoms with E-state index in [1.807, 2.05) is 18.2 Å². The van der Waals surface area contributed by atoms with Crippen LogP contribution in [0, 0.1) is 10.1 Å². The third-order valence-electron chi connectivity index (χ3n) is 3.20. The molecule has 1 aromatic carbocycles. The minimum Gasteiger partial charge on any atom is -0.363 e. The van der Waals surface area contributed by atoms with Crippen molar-refractivity contribution in [1.29, 1.82) is 0 Å². The Kier molecular flexibility index (Phi) is 3.42. The highest BCUT2D eigenvalue weighted by atomic mass is 16.6. The zero-order chi connectivity index (χ0) is 12.3. The number of hydrogen-bond acceptors (Lipinski definition) is 3. The monoisotopic (exact) mass is 232 g/mol. The van der Waals surface area contributed by atoms with Crippen molar-refractivity contribution in [3.8, 4) is 0 Å². The molecule has 2 rings (SSSR count). The molecule has 4 nitrogen and oxygen atoms in total. The number of hydrogen-bond donors (Lipinski definition) is 0. The fourth-order valence-electron chi connectivity index (χ4n) is 2.33. The smallest absolute Gasteiger partial charge is 0.253 e. The van der Waals surface area contributed by atoms with Gasteiger partial charge in [0.1, 0.15) is 0 Å². The summed E-state index contributed by atoms with van der Waals surface area (Å²) in [6.07, 6.45) is 2.95. The molecule has 0 unspecified atom stereocenters. The molecule has 17 heavy (non-hydrogen) atoms. The lowest BCUT2D eigenvalue weighted by Gasteiger charge is -2.26. The zero-order valence-electron chi connectivity index (χ0n) is 9.87. The molecular formula is C13H16N2O2. The first-order valence-electron chi connectivity index (χ1n) is 5.84. The average Bonchev–Trinajstić information content (AvgIpc) is 2.76. The highest BCUT2D eigenvalue weighted by Gasteiger charge is 2.25. The Bertz CT molecular complexity index is 428. The Morgan fingerprint density at radius 2 is 2.12 bits per heavy atom. The van der Waals surface area contributed by atoms with Crippen molar-refractivity contribution in [2.24, 2.45) is 0 Å². The van der Waals surface area contributed by atoms with Gasteiger partial charge in [-0.3, -0.25) is 10.1 Å². The first-order chi connectivity index (χ1) is 8.18. The zero-order valence-corrected chi connectivity index (χ0v) is 9.87. The molecule has 0 saturated carbocycles. The van der Waals surface area contributed by atoms with E-state index >= 15 is 0 Å². The van der Waals surface area contributed by atoms with Gasteiger partial charge in [0.15, 0.2) is 0 Å². The lowest BCUT2D eigenvalue weighted by molar-refractivity contribution is -0.404. The Labute approximate surface area is 101 Å². The molecule has 1 aliphatic heterocycles. The Morgan fingerprint density at radius 1 is 1.41 bits per heavy atom. The fraction of sp³-hybridized carbons (Fsp3) is 0.385. The SMILES string of the molecule is C[C@H](c1ccccc1)N1CCCC1=C[N+](=O)[O-]. The number of allylic oxidation sites excluding steroid dienone is 1. The van der Waals surface area contributed by atoms with Gasteiger partial charge in [-0.25, -0.2) is 0 Å². The highest BCUT2D eigenvalue weighted by Crippen LogP contribution is 2.31. The Morgan fingerprint density at radius 3 is 2.76 bits per heavy atom.